The second-order valence-corrected chi connectivity index (χ2v) is 6.49. The molecule has 0 spiro atoms. The third-order valence-electron chi connectivity index (χ3n) is 5.01. The molecule has 0 bridgehead atoms. The number of hydrogen-bond donors (Lipinski definition) is 2. The first-order chi connectivity index (χ1) is 11.7. The van der Waals surface area contributed by atoms with Crippen LogP contribution >= 0.6 is 0 Å². The van der Waals surface area contributed by atoms with Crippen molar-refractivity contribution in [2.75, 3.05) is 26.3 Å². The SMILES string of the molecule is O=C(O)CCCNC(=O)N1CC(c2ccccc2)C2COCCC21. The lowest BCUT2D eigenvalue weighted by atomic mass is 9.84. The number of carboxylic acids is 1. The number of fused-ring (bicyclic) bond motifs is 1. The molecular formula is C18H24N2O4. The number of rotatable bonds is 5. The molecule has 24 heavy (non-hydrogen) atoms. The molecule has 2 aliphatic heterocycles. The Morgan fingerprint density at radius 3 is 2.83 bits per heavy atom. The maximum Gasteiger partial charge on any atom is 0.317 e. The van der Waals surface area contributed by atoms with Crippen molar-refractivity contribution in [1.29, 1.82) is 0 Å². The maximum atomic E-state index is 12.5. The zero-order chi connectivity index (χ0) is 16.9. The summed E-state index contributed by atoms with van der Waals surface area (Å²) in [6.07, 6.45) is 1.39. The summed E-state index contributed by atoms with van der Waals surface area (Å²) < 4.78 is 5.66. The number of amides is 2. The summed E-state index contributed by atoms with van der Waals surface area (Å²) in [5.74, 6) is -0.216. The molecule has 6 heteroatoms. The van der Waals surface area contributed by atoms with E-state index in [1.807, 2.05) is 23.1 Å². The van der Waals surface area contributed by atoms with Crippen LogP contribution in [0.5, 0.6) is 0 Å². The van der Waals surface area contributed by atoms with Gasteiger partial charge in [0, 0.05) is 44.0 Å². The fourth-order valence-corrected chi connectivity index (χ4v) is 3.83. The fraction of sp³-hybridized carbons (Fsp3) is 0.556. The van der Waals surface area contributed by atoms with Gasteiger partial charge in [0.15, 0.2) is 0 Å². The molecule has 2 aliphatic rings. The highest BCUT2D eigenvalue weighted by Crippen LogP contribution is 2.40. The van der Waals surface area contributed by atoms with Crippen LogP contribution in [0.25, 0.3) is 0 Å². The van der Waals surface area contributed by atoms with E-state index < -0.39 is 5.97 Å². The first-order valence-corrected chi connectivity index (χ1v) is 8.56. The van der Waals surface area contributed by atoms with E-state index in [0.717, 1.165) is 6.42 Å². The topological polar surface area (TPSA) is 78.9 Å². The van der Waals surface area contributed by atoms with E-state index in [1.54, 1.807) is 0 Å². The minimum atomic E-state index is -0.834. The van der Waals surface area contributed by atoms with Gasteiger partial charge >= 0.3 is 12.0 Å². The second-order valence-electron chi connectivity index (χ2n) is 6.49. The van der Waals surface area contributed by atoms with Gasteiger partial charge in [-0.3, -0.25) is 4.79 Å². The van der Waals surface area contributed by atoms with Crippen molar-refractivity contribution < 1.29 is 19.4 Å². The van der Waals surface area contributed by atoms with Crippen molar-refractivity contribution in [2.24, 2.45) is 5.92 Å². The van der Waals surface area contributed by atoms with Crippen molar-refractivity contribution in [2.45, 2.75) is 31.2 Å². The lowest BCUT2D eigenvalue weighted by Crippen LogP contribution is -2.46. The van der Waals surface area contributed by atoms with Crippen molar-refractivity contribution in [3.8, 4) is 0 Å². The Bertz CT molecular complexity index is 578. The number of nitrogens with zero attached hydrogens (tertiary/aromatic N) is 1. The Balaban J connectivity index is 1.65. The van der Waals surface area contributed by atoms with Crippen LogP contribution in [-0.2, 0) is 9.53 Å². The third-order valence-corrected chi connectivity index (χ3v) is 5.01. The summed E-state index contributed by atoms with van der Waals surface area (Å²) in [4.78, 5) is 25.0. The normalized spacial score (nSPS) is 26.0. The fourth-order valence-electron chi connectivity index (χ4n) is 3.83. The summed E-state index contributed by atoms with van der Waals surface area (Å²) in [6.45, 7) is 2.46. The number of urea groups is 1. The Hall–Kier alpha value is -2.08. The quantitative estimate of drug-likeness (QED) is 0.809. The molecule has 3 atom stereocenters. The van der Waals surface area contributed by atoms with Gasteiger partial charge in [0.05, 0.1) is 6.61 Å². The number of carbonyl (C=O) groups is 2. The molecule has 2 heterocycles. The number of carbonyl (C=O) groups excluding carboxylic acids is 1. The highest BCUT2D eigenvalue weighted by Gasteiger charge is 2.45. The zero-order valence-electron chi connectivity index (χ0n) is 13.7. The summed E-state index contributed by atoms with van der Waals surface area (Å²) in [5.41, 5.74) is 1.25. The van der Waals surface area contributed by atoms with Gasteiger partial charge in [0.1, 0.15) is 0 Å². The van der Waals surface area contributed by atoms with Crippen LogP contribution in [0.1, 0.15) is 30.7 Å². The predicted molar refractivity (Wildman–Crippen MR) is 88.9 cm³/mol. The minimum Gasteiger partial charge on any atom is -0.481 e. The lowest BCUT2D eigenvalue weighted by Gasteiger charge is -2.32. The molecule has 0 radical (unpaired) electrons. The van der Waals surface area contributed by atoms with E-state index in [4.69, 9.17) is 9.84 Å². The molecule has 1 aromatic rings. The molecule has 1 aromatic carbocycles. The lowest BCUT2D eigenvalue weighted by molar-refractivity contribution is -0.137. The monoisotopic (exact) mass is 332 g/mol. The van der Waals surface area contributed by atoms with Gasteiger partial charge in [-0.2, -0.15) is 0 Å². The molecule has 0 aliphatic carbocycles. The van der Waals surface area contributed by atoms with Gasteiger partial charge in [-0.15, -0.1) is 0 Å². The zero-order valence-corrected chi connectivity index (χ0v) is 13.7. The number of ether oxygens (including phenoxy) is 1. The molecule has 6 nitrogen and oxygen atoms in total. The average Bonchev–Trinajstić information content (AvgIpc) is 2.99. The van der Waals surface area contributed by atoms with Gasteiger partial charge in [0.2, 0.25) is 0 Å². The van der Waals surface area contributed by atoms with E-state index >= 15 is 0 Å². The molecule has 0 aromatic heterocycles. The van der Waals surface area contributed by atoms with Crippen molar-refractivity contribution in [3.63, 3.8) is 0 Å². The van der Waals surface area contributed by atoms with Crippen LogP contribution in [0.4, 0.5) is 4.79 Å². The second kappa shape index (κ2) is 7.66. The highest BCUT2D eigenvalue weighted by molar-refractivity contribution is 5.75. The molecule has 2 N–H and O–H groups in total. The largest absolute Gasteiger partial charge is 0.481 e. The van der Waals surface area contributed by atoms with E-state index in [9.17, 15) is 9.59 Å². The van der Waals surface area contributed by atoms with E-state index in [-0.39, 0.29) is 18.5 Å². The van der Waals surface area contributed by atoms with Gasteiger partial charge < -0.3 is 20.1 Å². The molecule has 3 unspecified atom stereocenters. The third kappa shape index (κ3) is 3.70. The molecular weight excluding hydrogens is 308 g/mol. The van der Waals surface area contributed by atoms with Crippen LogP contribution in [0.15, 0.2) is 30.3 Å². The molecule has 2 amide bonds. The van der Waals surface area contributed by atoms with Gasteiger partial charge in [0.25, 0.3) is 0 Å². The van der Waals surface area contributed by atoms with E-state index in [1.165, 1.54) is 5.56 Å². The Morgan fingerprint density at radius 1 is 1.29 bits per heavy atom. The average molecular weight is 332 g/mol. The summed E-state index contributed by atoms with van der Waals surface area (Å²) in [7, 11) is 0. The van der Waals surface area contributed by atoms with Gasteiger partial charge in [-0.1, -0.05) is 30.3 Å². The van der Waals surface area contributed by atoms with Crippen LogP contribution in [-0.4, -0.2) is 54.4 Å². The van der Waals surface area contributed by atoms with Gasteiger partial charge in [-0.05, 0) is 18.4 Å². The summed E-state index contributed by atoms with van der Waals surface area (Å²) >= 11 is 0. The van der Waals surface area contributed by atoms with Gasteiger partial charge in [-0.25, -0.2) is 4.79 Å². The van der Waals surface area contributed by atoms with Crippen LogP contribution < -0.4 is 5.32 Å². The van der Waals surface area contributed by atoms with Crippen molar-refractivity contribution in [3.05, 3.63) is 35.9 Å². The first kappa shape index (κ1) is 16.8. The Labute approximate surface area is 141 Å². The molecule has 3 rings (SSSR count). The van der Waals surface area contributed by atoms with E-state index in [0.29, 0.717) is 44.6 Å². The van der Waals surface area contributed by atoms with Crippen LogP contribution in [0.2, 0.25) is 0 Å². The first-order valence-electron chi connectivity index (χ1n) is 8.56. The number of carboxylic acid groups (broad SMARTS) is 1. The Kier molecular flexibility index (Phi) is 5.35. The number of aliphatic carboxylic acids is 1. The molecule has 2 saturated heterocycles. The maximum absolute atomic E-state index is 12.5. The minimum absolute atomic E-state index is 0.0762. The summed E-state index contributed by atoms with van der Waals surface area (Å²) in [5, 5.41) is 11.5. The number of hydrogen-bond acceptors (Lipinski definition) is 3. The smallest absolute Gasteiger partial charge is 0.317 e. The van der Waals surface area contributed by atoms with E-state index in [2.05, 4.69) is 17.4 Å². The van der Waals surface area contributed by atoms with Crippen LogP contribution in [0.3, 0.4) is 0 Å². The predicted octanol–water partition coefficient (Wildman–Crippen LogP) is 2.07. The van der Waals surface area contributed by atoms with Crippen LogP contribution in [0, 0.1) is 5.92 Å². The summed E-state index contributed by atoms with van der Waals surface area (Å²) in [6, 6.07) is 10.4. The number of likely N-dealkylation sites (tertiary alicyclic amines) is 1. The number of benzene rings is 1. The van der Waals surface area contributed by atoms with Crippen molar-refractivity contribution in [1.82, 2.24) is 10.2 Å². The molecule has 2 fully saturated rings. The molecule has 130 valence electrons. The molecule has 0 saturated carbocycles. The van der Waals surface area contributed by atoms with Crippen molar-refractivity contribution >= 4 is 12.0 Å². The number of nitrogens with one attached hydrogen (secondary N) is 1. The standard InChI is InChI=1S/C18H24N2O4/c21-17(22)7-4-9-19-18(23)20-11-14(13-5-2-1-3-6-13)15-12-24-10-8-16(15)20/h1-3,5-6,14-16H,4,7-12H2,(H,19,23)(H,21,22). The highest BCUT2D eigenvalue weighted by atomic mass is 16.5. The Morgan fingerprint density at radius 2 is 2.08 bits per heavy atom.